The highest BCUT2D eigenvalue weighted by atomic mass is 14.5. The summed E-state index contributed by atoms with van der Waals surface area (Å²) in [5.74, 6) is 1.56. The standard InChI is InChI=1S/C18H38/c1-9-12-14-18(13-10-2,16(6)7)17(8,11-3)15(4)5/h15-16H,9-14H2,1-8H3. The normalized spacial score (nSPS) is 19.0. The fraction of sp³-hybridized carbons (Fsp3) is 1.00. The van der Waals surface area contributed by atoms with Crippen LogP contribution in [0.4, 0.5) is 0 Å². The van der Waals surface area contributed by atoms with Gasteiger partial charge in [0.1, 0.15) is 0 Å². The molecule has 18 heavy (non-hydrogen) atoms. The number of hydrogen-bond donors (Lipinski definition) is 0. The van der Waals surface area contributed by atoms with Crippen molar-refractivity contribution < 1.29 is 0 Å². The first-order valence-corrected chi connectivity index (χ1v) is 8.32. The molecule has 0 bridgehead atoms. The summed E-state index contributed by atoms with van der Waals surface area (Å²) in [6.45, 7) is 19.4. The predicted octanol–water partition coefficient (Wildman–Crippen LogP) is 6.69. The summed E-state index contributed by atoms with van der Waals surface area (Å²) in [4.78, 5) is 0. The van der Waals surface area contributed by atoms with Crippen LogP contribution >= 0.6 is 0 Å². The van der Waals surface area contributed by atoms with Crippen molar-refractivity contribution in [1.82, 2.24) is 0 Å². The van der Waals surface area contributed by atoms with Gasteiger partial charge in [0.15, 0.2) is 0 Å². The lowest BCUT2D eigenvalue weighted by Crippen LogP contribution is -2.47. The van der Waals surface area contributed by atoms with Crippen LogP contribution in [0.25, 0.3) is 0 Å². The summed E-state index contributed by atoms with van der Waals surface area (Å²) >= 11 is 0. The molecule has 0 aliphatic carbocycles. The lowest BCUT2D eigenvalue weighted by molar-refractivity contribution is -0.0558. The second kappa shape index (κ2) is 7.56. The molecule has 0 amide bonds. The molecule has 0 heteroatoms. The van der Waals surface area contributed by atoms with Crippen LogP contribution in [0, 0.1) is 22.7 Å². The Bertz CT molecular complexity index is 216. The zero-order valence-corrected chi connectivity index (χ0v) is 14.4. The quantitative estimate of drug-likeness (QED) is 0.430. The van der Waals surface area contributed by atoms with Gasteiger partial charge in [-0.1, -0.05) is 74.7 Å². The van der Waals surface area contributed by atoms with Crippen LogP contribution in [0.3, 0.4) is 0 Å². The largest absolute Gasteiger partial charge is 0.0654 e. The van der Waals surface area contributed by atoms with E-state index in [0.717, 1.165) is 11.8 Å². The summed E-state index contributed by atoms with van der Waals surface area (Å²) < 4.78 is 0. The lowest BCUT2D eigenvalue weighted by Gasteiger charge is -2.55. The zero-order chi connectivity index (χ0) is 14.4. The van der Waals surface area contributed by atoms with Gasteiger partial charge < -0.3 is 0 Å². The van der Waals surface area contributed by atoms with Crippen molar-refractivity contribution in [3.05, 3.63) is 0 Å². The van der Waals surface area contributed by atoms with Crippen LogP contribution in [0.1, 0.15) is 93.9 Å². The Morgan fingerprint density at radius 1 is 0.778 bits per heavy atom. The first-order chi connectivity index (χ1) is 8.32. The van der Waals surface area contributed by atoms with E-state index in [1.807, 2.05) is 0 Å². The predicted molar refractivity (Wildman–Crippen MR) is 84.9 cm³/mol. The Hall–Kier alpha value is 0. The Balaban J connectivity index is 5.49. The molecular weight excluding hydrogens is 216 g/mol. The van der Waals surface area contributed by atoms with Crippen molar-refractivity contribution in [2.75, 3.05) is 0 Å². The first kappa shape index (κ1) is 18.0. The average molecular weight is 255 g/mol. The fourth-order valence-electron chi connectivity index (χ4n) is 4.21. The maximum Gasteiger partial charge on any atom is -0.0218 e. The Morgan fingerprint density at radius 3 is 1.61 bits per heavy atom. The van der Waals surface area contributed by atoms with Crippen LogP contribution in [0.5, 0.6) is 0 Å². The van der Waals surface area contributed by atoms with Crippen LogP contribution in [-0.4, -0.2) is 0 Å². The highest BCUT2D eigenvalue weighted by Crippen LogP contribution is 2.57. The van der Waals surface area contributed by atoms with E-state index < -0.39 is 0 Å². The molecule has 0 aromatic carbocycles. The number of rotatable bonds is 9. The van der Waals surface area contributed by atoms with Crippen molar-refractivity contribution >= 4 is 0 Å². The molecule has 0 nitrogen and oxygen atoms in total. The molecule has 0 aliphatic rings. The highest BCUT2D eigenvalue weighted by Gasteiger charge is 2.49. The molecule has 0 saturated heterocycles. The Kier molecular flexibility index (Phi) is 7.56. The maximum atomic E-state index is 2.56. The van der Waals surface area contributed by atoms with Crippen LogP contribution < -0.4 is 0 Å². The molecule has 0 aromatic heterocycles. The summed E-state index contributed by atoms with van der Waals surface area (Å²) in [5, 5.41) is 0. The monoisotopic (exact) mass is 254 g/mol. The fourth-order valence-corrected chi connectivity index (χ4v) is 4.21. The van der Waals surface area contributed by atoms with Crippen LogP contribution in [-0.2, 0) is 0 Å². The van der Waals surface area contributed by atoms with E-state index in [1.165, 1.54) is 38.5 Å². The van der Waals surface area contributed by atoms with E-state index >= 15 is 0 Å². The number of hydrogen-bond acceptors (Lipinski definition) is 0. The summed E-state index contributed by atoms with van der Waals surface area (Å²) in [6, 6.07) is 0. The third-order valence-electron chi connectivity index (χ3n) is 5.92. The third-order valence-corrected chi connectivity index (χ3v) is 5.92. The minimum Gasteiger partial charge on any atom is -0.0654 e. The van der Waals surface area contributed by atoms with E-state index in [1.54, 1.807) is 0 Å². The summed E-state index contributed by atoms with van der Waals surface area (Å²) in [7, 11) is 0. The molecule has 0 N–H and O–H groups in total. The van der Waals surface area contributed by atoms with E-state index in [4.69, 9.17) is 0 Å². The maximum absolute atomic E-state index is 2.56. The molecule has 0 aromatic rings. The van der Waals surface area contributed by atoms with E-state index in [9.17, 15) is 0 Å². The topological polar surface area (TPSA) is 0 Å². The third kappa shape index (κ3) is 3.31. The zero-order valence-electron chi connectivity index (χ0n) is 14.4. The van der Waals surface area contributed by atoms with Gasteiger partial charge >= 0.3 is 0 Å². The molecule has 0 rings (SSSR count). The molecule has 0 spiro atoms. The molecule has 0 fully saturated rings. The van der Waals surface area contributed by atoms with Crippen molar-refractivity contribution in [3.63, 3.8) is 0 Å². The number of unbranched alkanes of at least 4 members (excludes halogenated alkanes) is 1. The molecule has 0 aliphatic heterocycles. The second-order valence-electron chi connectivity index (χ2n) is 7.09. The van der Waals surface area contributed by atoms with Crippen LogP contribution in [0.15, 0.2) is 0 Å². The lowest BCUT2D eigenvalue weighted by atomic mass is 9.50. The van der Waals surface area contributed by atoms with Crippen LogP contribution in [0.2, 0.25) is 0 Å². The Morgan fingerprint density at radius 2 is 1.33 bits per heavy atom. The van der Waals surface area contributed by atoms with Gasteiger partial charge in [0.2, 0.25) is 0 Å². The van der Waals surface area contributed by atoms with Gasteiger partial charge in [-0.3, -0.25) is 0 Å². The van der Waals surface area contributed by atoms with Gasteiger partial charge in [-0.15, -0.1) is 0 Å². The average Bonchev–Trinajstić information content (AvgIpc) is 2.32. The van der Waals surface area contributed by atoms with Gasteiger partial charge in [-0.05, 0) is 41.9 Å². The van der Waals surface area contributed by atoms with Crippen molar-refractivity contribution in [1.29, 1.82) is 0 Å². The second-order valence-corrected chi connectivity index (χ2v) is 7.09. The molecule has 110 valence electrons. The Labute approximate surface area is 117 Å². The molecule has 0 heterocycles. The smallest absolute Gasteiger partial charge is 0.0218 e. The van der Waals surface area contributed by atoms with Gasteiger partial charge in [-0.25, -0.2) is 0 Å². The summed E-state index contributed by atoms with van der Waals surface area (Å²) in [6.07, 6.45) is 8.16. The van der Waals surface area contributed by atoms with Gasteiger partial charge in [0.25, 0.3) is 0 Å². The van der Waals surface area contributed by atoms with E-state index in [-0.39, 0.29) is 0 Å². The molecule has 2 unspecified atom stereocenters. The SMILES string of the molecule is CCCCC(CCC)(C(C)C)C(C)(CC)C(C)C. The van der Waals surface area contributed by atoms with Crippen molar-refractivity contribution in [2.45, 2.75) is 93.9 Å². The molecular formula is C18H38. The molecule has 0 saturated carbocycles. The highest BCUT2D eigenvalue weighted by molar-refractivity contribution is 4.98. The van der Waals surface area contributed by atoms with Gasteiger partial charge in [0.05, 0.1) is 0 Å². The van der Waals surface area contributed by atoms with E-state index in [2.05, 4.69) is 55.4 Å². The minimum absolute atomic E-state index is 0.479. The van der Waals surface area contributed by atoms with Crippen molar-refractivity contribution in [2.24, 2.45) is 22.7 Å². The minimum atomic E-state index is 0.479. The van der Waals surface area contributed by atoms with Gasteiger partial charge in [-0.2, -0.15) is 0 Å². The molecule has 2 atom stereocenters. The van der Waals surface area contributed by atoms with Crippen molar-refractivity contribution in [3.8, 4) is 0 Å². The van der Waals surface area contributed by atoms with Gasteiger partial charge in [0, 0.05) is 0 Å². The van der Waals surface area contributed by atoms with E-state index in [0.29, 0.717) is 10.8 Å². The first-order valence-electron chi connectivity index (χ1n) is 8.32. The summed E-state index contributed by atoms with van der Waals surface area (Å²) in [5.41, 5.74) is 1.01. The molecule has 0 radical (unpaired) electrons.